The topological polar surface area (TPSA) is 64.9 Å². The van der Waals surface area contributed by atoms with Gasteiger partial charge in [0, 0.05) is 12.1 Å². The molecule has 2 N–H and O–H groups in total. The van der Waals surface area contributed by atoms with Crippen LogP contribution in [0.5, 0.6) is 0 Å². The van der Waals surface area contributed by atoms with Gasteiger partial charge in [0.15, 0.2) is 0 Å². The first-order chi connectivity index (χ1) is 8.20. The fraction of sp³-hybridized carbons (Fsp3) is 0.846. The lowest BCUT2D eigenvalue weighted by atomic mass is 9.85. The number of nitrogens with zero attached hydrogens (tertiary/aromatic N) is 1. The summed E-state index contributed by atoms with van der Waals surface area (Å²) in [6.07, 6.45) is 6.41. The third kappa shape index (κ3) is 2.98. The van der Waals surface area contributed by atoms with Gasteiger partial charge in [-0.25, -0.2) is 0 Å². The molecule has 4 atom stereocenters. The van der Waals surface area contributed by atoms with Gasteiger partial charge < -0.3 is 10.6 Å². The second-order valence-corrected chi connectivity index (χ2v) is 5.38. The summed E-state index contributed by atoms with van der Waals surface area (Å²) in [5.74, 6) is 0.757. The number of fused-ring (bicyclic) bond motifs is 1. The fourth-order valence-corrected chi connectivity index (χ4v) is 3.05. The third-order valence-electron chi connectivity index (χ3n) is 3.97. The molecule has 1 saturated heterocycles. The Morgan fingerprint density at radius 3 is 3.00 bits per heavy atom. The predicted octanol–water partition coefficient (Wildman–Crippen LogP) is 1.33. The van der Waals surface area contributed by atoms with Crippen LogP contribution < -0.4 is 10.6 Å². The molecule has 0 radical (unpaired) electrons. The first-order valence-corrected chi connectivity index (χ1v) is 6.64. The zero-order chi connectivity index (χ0) is 12.3. The number of hydrogen-bond acceptors (Lipinski definition) is 3. The Bertz CT molecular complexity index is 309. The maximum Gasteiger partial charge on any atom is 0.237 e. The Kier molecular flexibility index (Phi) is 4.01. The van der Waals surface area contributed by atoms with E-state index >= 15 is 0 Å². The Morgan fingerprint density at radius 2 is 2.29 bits per heavy atom. The van der Waals surface area contributed by atoms with Crippen molar-refractivity contribution < 1.29 is 4.79 Å². The largest absolute Gasteiger partial charge is 0.351 e. The molecule has 0 aromatic carbocycles. The fourth-order valence-electron chi connectivity index (χ4n) is 3.05. The summed E-state index contributed by atoms with van der Waals surface area (Å²) < 4.78 is 0. The van der Waals surface area contributed by atoms with Crippen LogP contribution in [0.4, 0.5) is 0 Å². The zero-order valence-electron chi connectivity index (χ0n) is 10.4. The highest BCUT2D eigenvalue weighted by Crippen LogP contribution is 2.33. The molecule has 17 heavy (non-hydrogen) atoms. The van der Waals surface area contributed by atoms with Crippen molar-refractivity contribution in [3.63, 3.8) is 0 Å². The van der Waals surface area contributed by atoms with Gasteiger partial charge in [0.2, 0.25) is 5.91 Å². The third-order valence-corrected chi connectivity index (χ3v) is 3.97. The molecule has 4 unspecified atom stereocenters. The Hall–Kier alpha value is -1.08. The zero-order valence-corrected chi connectivity index (χ0v) is 10.4. The molecule has 1 heterocycles. The maximum atomic E-state index is 12.0. The van der Waals surface area contributed by atoms with Crippen LogP contribution in [0.3, 0.4) is 0 Å². The van der Waals surface area contributed by atoms with E-state index in [9.17, 15) is 4.79 Å². The van der Waals surface area contributed by atoms with Crippen LogP contribution in [0.25, 0.3) is 0 Å². The number of carbonyl (C=O) groups is 1. The molecule has 2 fully saturated rings. The summed E-state index contributed by atoms with van der Waals surface area (Å²) in [4.78, 5) is 12.0. The maximum absolute atomic E-state index is 12.0. The van der Waals surface area contributed by atoms with E-state index in [4.69, 9.17) is 5.26 Å². The smallest absolute Gasteiger partial charge is 0.237 e. The molecule has 0 bridgehead atoms. The molecule has 0 spiro atoms. The minimum Gasteiger partial charge on any atom is -0.351 e. The van der Waals surface area contributed by atoms with E-state index in [0.717, 1.165) is 6.42 Å². The second-order valence-electron chi connectivity index (χ2n) is 5.38. The highest BCUT2D eigenvalue weighted by molar-refractivity contribution is 5.82. The lowest BCUT2D eigenvalue weighted by Gasteiger charge is -2.24. The van der Waals surface area contributed by atoms with Gasteiger partial charge in [0.1, 0.15) is 0 Å². The molecular weight excluding hydrogens is 214 g/mol. The molecule has 0 aromatic heterocycles. The first-order valence-electron chi connectivity index (χ1n) is 6.64. The quantitative estimate of drug-likeness (QED) is 0.775. The minimum absolute atomic E-state index is 0.0377. The number of hydrogen-bond donors (Lipinski definition) is 2. The average molecular weight is 235 g/mol. The van der Waals surface area contributed by atoms with E-state index in [2.05, 4.69) is 16.7 Å². The minimum atomic E-state index is -0.0445. The van der Waals surface area contributed by atoms with Crippen LogP contribution in [-0.4, -0.2) is 24.0 Å². The van der Waals surface area contributed by atoms with E-state index in [0.29, 0.717) is 18.4 Å². The number of carbonyl (C=O) groups excluding carboxylic acids is 1. The van der Waals surface area contributed by atoms with Gasteiger partial charge in [-0.3, -0.25) is 4.79 Å². The van der Waals surface area contributed by atoms with Gasteiger partial charge in [0.05, 0.1) is 18.5 Å². The highest BCUT2D eigenvalue weighted by atomic mass is 16.2. The summed E-state index contributed by atoms with van der Waals surface area (Å²) in [6, 6.07) is 2.54. The lowest BCUT2D eigenvalue weighted by molar-refractivity contribution is -0.123. The first kappa shape index (κ1) is 12.4. The number of nitrogens with one attached hydrogen (secondary N) is 2. The number of nitriles is 1. The van der Waals surface area contributed by atoms with Crippen molar-refractivity contribution in [3.05, 3.63) is 0 Å². The molecule has 2 rings (SSSR count). The van der Waals surface area contributed by atoms with Crippen LogP contribution in [0.1, 0.15) is 45.4 Å². The van der Waals surface area contributed by atoms with Gasteiger partial charge in [0.25, 0.3) is 0 Å². The van der Waals surface area contributed by atoms with Gasteiger partial charge in [-0.2, -0.15) is 5.26 Å². The Balaban J connectivity index is 1.83. The lowest BCUT2D eigenvalue weighted by Crippen LogP contribution is -2.45. The van der Waals surface area contributed by atoms with E-state index in [-0.39, 0.29) is 18.0 Å². The van der Waals surface area contributed by atoms with Crippen LogP contribution in [0.15, 0.2) is 0 Å². The second kappa shape index (κ2) is 5.50. The molecule has 1 aliphatic carbocycles. The van der Waals surface area contributed by atoms with Crippen molar-refractivity contribution in [1.82, 2.24) is 10.6 Å². The van der Waals surface area contributed by atoms with E-state index in [1.165, 1.54) is 25.7 Å². The number of amides is 1. The summed E-state index contributed by atoms with van der Waals surface area (Å²) >= 11 is 0. The van der Waals surface area contributed by atoms with E-state index in [1.807, 2.05) is 6.92 Å². The highest BCUT2D eigenvalue weighted by Gasteiger charge is 2.38. The normalized spacial score (nSPS) is 33.5. The van der Waals surface area contributed by atoms with Crippen molar-refractivity contribution >= 4 is 5.91 Å². The SMILES string of the molecule is CC(CC#N)NC(=O)C1CC2CCCCC2N1. The van der Waals surface area contributed by atoms with Crippen LogP contribution in [0, 0.1) is 17.2 Å². The molecule has 94 valence electrons. The summed E-state index contributed by atoms with van der Waals surface area (Å²) in [7, 11) is 0. The molecule has 4 heteroatoms. The van der Waals surface area contributed by atoms with Gasteiger partial charge in [-0.05, 0) is 32.1 Å². The van der Waals surface area contributed by atoms with Crippen molar-refractivity contribution in [3.8, 4) is 6.07 Å². The summed E-state index contributed by atoms with van der Waals surface area (Å²) in [5.41, 5.74) is 0. The molecule has 2 aliphatic rings. The Labute approximate surface area is 103 Å². The summed E-state index contributed by atoms with van der Waals surface area (Å²) in [6.45, 7) is 1.88. The van der Waals surface area contributed by atoms with Gasteiger partial charge in [-0.15, -0.1) is 0 Å². The molecule has 4 nitrogen and oxygen atoms in total. The molecule has 0 aromatic rings. The van der Waals surface area contributed by atoms with Crippen molar-refractivity contribution in [2.24, 2.45) is 5.92 Å². The van der Waals surface area contributed by atoms with Crippen LogP contribution >= 0.6 is 0 Å². The molecule has 1 saturated carbocycles. The van der Waals surface area contributed by atoms with Gasteiger partial charge in [-0.1, -0.05) is 12.8 Å². The molecule has 1 aliphatic heterocycles. The average Bonchev–Trinajstić information content (AvgIpc) is 2.72. The molecular formula is C13H21N3O. The van der Waals surface area contributed by atoms with Crippen molar-refractivity contribution in [2.45, 2.75) is 63.6 Å². The standard InChI is InChI=1S/C13H21N3O/c1-9(6-7-14)15-13(17)12-8-10-4-2-3-5-11(10)16-12/h9-12,16H,2-6,8H2,1H3,(H,15,17). The number of rotatable bonds is 3. The predicted molar refractivity (Wildman–Crippen MR) is 65.1 cm³/mol. The monoisotopic (exact) mass is 235 g/mol. The van der Waals surface area contributed by atoms with E-state index in [1.54, 1.807) is 0 Å². The Morgan fingerprint density at radius 1 is 1.53 bits per heavy atom. The van der Waals surface area contributed by atoms with Crippen LogP contribution in [0.2, 0.25) is 0 Å². The van der Waals surface area contributed by atoms with Crippen molar-refractivity contribution in [1.29, 1.82) is 5.26 Å². The van der Waals surface area contributed by atoms with E-state index < -0.39 is 0 Å². The summed E-state index contributed by atoms with van der Waals surface area (Å²) in [5, 5.41) is 14.9. The molecule has 1 amide bonds. The van der Waals surface area contributed by atoms with Crippen molar-refractivity contribution in [2.75, 3.05) is 0 Å². The van der Waals surface area contributed by atoms with Crippen LogP contribution in [-0.2, 0) is 4.79 Å². The van der Waals surface area contributed by atoms with Gasteiger partial charge >= 0.3 is 0 Å².